The fraction of sp³-hybridized carbons (Fsp3) is 0.375. The zero-order valence-electron chi connectivity index (χ0n) is 12.5. The number of hydrogen-bond acceptors (Lipinski definition) is 3. The quantitative estimate of drug-likeness (QED) is 0.851. The Morgan fingerprint density at radius 2 is 2.10 bits per heavy atom. The van der Waals surface area contributed by atoms with Gasteiger partial charge in [-0.1, -0.05) is 37.3 Å². The fourth-order valence-corrected chi connectivity index (χ4v) is 2.22. The lowest BCUT2D eigenvalue weighted by Gasteiger charge is -2.12. The number of aromatic nitrogens is 2. The number of anilines is 1. The van der Waals surface area contributed by atoms with E-state index in [0.29, 0.717) is 6.42 Å². The van der Waals surface area contributed by atoms with Crippen molar-refractivity contribution in [2.45, 2.75) is 32.2 Å². The van der Waals surface area contributed by atoms with Crippen LogP contribution in [0.4, 0.5) is 5.69 Å². The lowest BCUT2D eigenvalue weighted by atomic mass is 10.1. The summed E-state index contributed by atoms with van der Waals surface area (Å²) in [6.07, 6.45) is 4.00. The molecule has 0 spiro atoms. The molecule has 2 rings (SSSR count). The number of carbonyl (C=O) groups is 1. The van der Waals surface area contributed by atoms with Gasteiger partial charge in [-0.15, -0.1) is 0 Å². The van der Waals surface area contributed by atoms with Crippen molar-refractivity contribution in [3.8, 4) is 0 Å². The Kier molecular flexibility index (Phi) is 5.11. The summed E-state index contributed by atoms with van der Waals surface area (Å²) >= 11 is 0. The average molecular weight is 286 g/mol. The van der Waals surface area contributed by atoms with E-state index >= 15 is 0 Å². The molecule has 5 nitrogen and oxygen atoms in total. The molecule has 1 amide bonds. The summed E-state index contributed by atoms with van der Waals surface area (Å²) in [5, 5.41) is 7.17. The monoisotopic (exact) mass is 286 g/mol. The highest BCUT2D eigenvalue weighted by Gasteiger charge is 2.16. The van der Waals surface area contributed by atoms with Gasteiger partial charge in [-0.2, -0.15) is 5.10 Å². The number of nitrogens with one attached hydrogen (secondary N) is 1. The number of hydrogen-bond donors (Lipinski definition) is 2. The molecule has 0 aliphatic carbocycles. The molecule has 0 bridgehead atoms. The van der Waals surface area contributed by atoms with E-state index in [1.165, 1.54) is 5.56 Å². The second-order valence-corrected chi connectivity index (χ2v) is 5.14. The molecule has 21 heavy (non-hydrogen) atoms. The second-order valence-electron chi connectivity index (χ2n) is 5.14. The van der Waals surface area contributed by atoms with Gasteiger partial charge in [0.05, 0.1) is 17.4 Å². The van der Waals surface area contributed by atoms with Crippen LogP contribution < -0.4 is 11.1 Å². The molecule has 0 fully saturated rings. The molecule has 0 aliphatic rings. The van der Waals surface area contributed by atoms with Crippen LogP contribution in [0.3, 0.4) is 0 Å². The zero-order valence-corrected chi connectivity index (χ0v) is 12.5. The van der Waals surface area contributed by atoms with Crippen LogP contribution in [0.1, 0.15) is 24.6 Å². The summed E-state index contributed by atoms with van der Waals surface area (Å²) in [6, 6.07) is 9.52. The summed E-state index contributed by atoms with van der Waals surface area (Å²) in [6.45, 7) is 2.01. The summed E-state index contributed by atoms with van der Waals surface area (Å²) in [5.74, 6) is -0.159. The molecule has 3 N–H and O–H groups in total. The van der Waals surface area contributed by atoms with Crippen molar-refractivity contribution in [1.82, 2.24) is 9.78 Å². The maximum atomic E-state index is 12.1. The molecule has 0 saturated heterocycles. The second kappa shape index (κ2) is 7.04. The van der Waals surface area contributed by atoms with Gasteiger partial charge in [-0.25, -0.2) is 0 Å². The minimum Gasteiger partial charge on any atom is -0.322 e. The summed E-state index contributed by atoms with van der Waals surface area (Å²) in [7, 11) is 1.84. The molecule has 5 heteroatoms. The summed E-state index contributed by atoms with van der Waals surface area (Å²) < 4.78 is 1.70. The van der Waals surface area contributed by atoms with Crippen LogP contribution in [0.25, 0.3) is 0 Å². The number of nitrogens with two attached hydrogens (primary N) is 1. The number of carbonyl (C=O) groups excluding carboxylic acids is 1. The van der Waals surface area contributed by atoms with Gasteiger partial charge < -0.3 is 11.1 Å². The van der Waals surface area contributed by atoms with Crippen LogP contribution >= 0.6 is 0 Å². The van der Waals surface area contributed by atoms with E-state index in [1.54, 1.807) is 10.9 Å². The van der Waals surface area contributed by atoms with E-state index in [9.17, 15) is 4.79 Å². The van der Waals surface area contributed by atoms with Crippen LogP contribution in [0.15, 0.2) is 36.5 Å². The van der Waals surface area contributed by atoms with Gasteiger partial charge in [0.1, 0.15) is 0 Å². The van der Waals surface area contributed by atoms with Crippen molar-refractivity contribution in [1.29, 1.82) is 0 Å². The van der Waals surface area contributed by atoms with Gasteiger partial charge in [-0.05, 0) is 24.8 Å². The number of nitrogens with zero attached hydrogens (tertiary/aromatic N) is 2. The number of aryl methyl sites for hydroxylation is 3. The highest BCUT2D eigenvalue weighted by Crippen LogP contribution is 2.14. The van der Waals surface area contributed by atoms with Gasteiger partial charge >= 0.3 is 0 Å². The van der Waals surface area contributed by atoms with E-state index in [0.717, 1.165) is 24.2 Å². The topological polar surface area (TPSA) is 72.9 Å². The molecule has 0 aliphatic heterocycles. The van der Waals surface area contributed by atoms with E-state index in [4.69, 9.17) is 5.73 Å². The molecular formula is C16H22N4O. The normalized spacial score (nSPS) is 12.1. The Hall–Kier alpha value is -2.14. The summed E-state index contributed by atoms with van der Waals surface area (Å²) in [5.41, 5.74) is 8.79. The van der Waals surface area contributed by atoms with Crippen molar-refractivity contribution in [3.05, 3.63) is 47.8 Å². The maximum Gasteiger partial charge on any atom is 0.241 e. The van der Waals surface area contributed by atoms with Crippen LogP contribution in [0.5, 0.6) is 0 Å². The number of amides is 1. The molecule has 112 valence electrons. The Labute approximate surface area is 125 Å². The number of benzene rings is 1. The van der Waals surface area contributed by atoms with Crippen molar-refractivity contribution in [3.63, 3.8) is 0 Å². The lowest BCUT2D eigenvalue weighted by Crippen LogP contribution is -2.36. The first-order valence-electron chi connectivity index (χ1n) is 7.23. The van der Waals surface area contributed by atoms with Crippen molar-refractivity contribution < 1.29 is 4.79 Å². The smallest absolute Gasteiger partial charge is 0.241 e. The van der Waals surface area contributed by atoms with Crippen LogP contribution in [-0.2, 0) is 24.7 Å². The minimum atomic E-state index is -0.518. The third-order valence-electron chi connectivity index (χ3n) is 3.42. The predicted octanol–water partition coefficient (Wildman–Crippen LogP) is 1.88. The Morgan fingerprint density at radius 1 is 1.38 bits per heavy atom. The lowest BCUT2D eigenvalue weighted by molar-refractivity contribution is -0.117. The molecule has 1 atom stereocenters. The number of rotatable bonds is 6. The highest BCUT2D eigenvalue weighted by molar-refractivity contribution is 5.95. The Balaban J connectivity index is 1.90. The van der Waals surface area contributed by atoms with Crippen LogP contribution in [-0.4, -0.2) is 21.7 Å². The van der Waals surface area contributed by atoms with Crippen molar-refractivity contribution in [2.75, 3.05) is 5.32 Å². The molecular weight excluding hydrogens is 264 g/mol. The maximum absolute atomic E-state index is 12.1. The molecule has 1 heterocycles. The van der Waals surface area contributed by atoms with Gasteiger partial charge in [0, 0.05) is 13.2 Å². The van der Waals surface area contributed by atoms with Crippen LogP contribution in [0.2, 0.25) is 0 Å². The molecule has 0 saturated carbocycles. The molecule has 1 aromatic heterocycles. The fourth-order valence-electron chi connectivity index (χ4n) is 2.22. The molecule has 1 unspecified atom stereocenters. The third-order valence-corrected chi connectivity index (χ3v) is 3.42. The van der Waals surface area contributed by atoms with E-state index in [2.05, 4.69) is 10.4 Å². The first kappa shape index (κ1) is 15.3. The highest BCUT2D eigenvalue weighted by atomic mass is 16.2. The van der Waals surface area contributed by atoms with E-state index in [1.807, 2.05) is 44.3 Å². The average Bonchev–Trinajstić information content (AvgIpc) is 2.85. The van der Waals surface area contributed by atoms with Crippen molar-refractivity contribution >= 4 is 11.6 Å². The van der Waals surface area contributed by atoms with E-state index < -0.39 is 6.04 Å². The summed E-state index contributed by atoms with van der Waals surface area (Å²) in [4.78, 5) is 12.1. The first-order chi connectivity index (χ1) is 10.1. The zero-order chi connectivity index (χ0) is 15.2. The van der Waals surface area contributed by atoms with Gasteiger partial charge in [0.25, 0.3) is 0 Å². The third kappa shape index (κ3) is 4.16. The molecule has 0 radical (unpaired) electrons. The predicted molar refractivity (Wildman–Crippen MR) is 84.0 cm³/mol. The molecule has 2 aromatic rings. The Morgan fingerprint density at radius 3 is 2.76 bits per heavy atom. The van der Waals surface area contributed by atoms with Gasteiger partial charge in [0.2, 0.25) is 5.91 Å². The van der Waals surface area contributed by atoms with Crippen molar-refractivity contribution in [2.24, 2.45) is 12.8 Å². The largest absolute Gasteiger partial charge is 0.322 e. The molecule has 1 aromatic carbocycles. The minimum absolute atomic E-state index is 0.159. The first-order valence-corrected chi connectivity index (χ1v) is 7.23. The standard InChI is InChI=1S/C16H22N4O/c1-3-14-15(11-20(2)19-14)18-16(21)13(17)10-9-12-7-5-4-6-8-12/h4-8,11,13H,3,9-10,17H2,1-2H3,(H,18,21). The Bertz CT molecular complexity index is 592. The van der Waals surface area contributed by atoms with Crippen LogP contribution in [0, 0.1) is 0 Å². The van der Waals surface area contributed by atoms with Gasteiger partial charge in [-0.3, -0.25) is 9.48 Å². The SMILES string of the molecule is CCc1nn(C)cc1NC(=O)C(N)CCc1ccccc1. The van der Waals surface area contributed by atoms with E-state index in [-0.39, 0.29) is 5.91 Å². The van der Waals surface area contributed by atoms with Gasteiger partial charge in [0.15, 0.2) is 0 Å².